The number of hydrogen-bond donors (Lipinski definition) is 1. The number of nitrogens with one attached hydrogen (secondary N) is 1. The van der Waals surface area contributed by atoms with Crippen molar-refractivity contribution in [2.75, 3.05) is 13.1 Å². The second kappa shape index (κ2) is 6.75. The molecular weight excluding hydrogens is 308 g/mol. The number of H-pyrrole nitrogens is 1. The Morgan fingerprint density at radius 3 is 2.60 bits per heavy atom. The molecule has 3 aromatic rings. The lowest BCUT2D eigenvalue weighted by atomic mass is 9.90. The first-order chi connectivity index (χ1) is 12.2. The maximum Gasteiger partial charge on any atom is 0.270 e. The van der Waals surface area contributed by atoms with E-state index >= 15 is 0 Å². The van der Waals surface area contributed by atoms with E-state index in [1.165, 1.54) is 11.1 Å². The van der Waals surface area contributed by atoms with E-state index in [0.29, 0.717) is 11.6 Å². The molecule has 0 atom stereocenters. The summed E-state index contributed by atoms with van der Waals surface area (Å²) in [5.74, 6) is 0.809. The van der Waals surface area contributed by atoms with Gasteiger partial charge in [0.15, 0.2) is 0 Å². The minimum Gasteiger partial charge on any atom is -0.351 e. The largest absolute Gasteiger partial charge is 0.351 e. The van der Waals surface area contributed by atoms with E-state index in [-0.39, 0.29) is 5.91 Å². The molecule has 25 heavy (non-hydrogen) atoms. The molecule has 0 radical (unpaired) electrons. The summed E-state index contributed by atoms with van der Waals surface area (Å²) in [6.07, 6.45) is 3.29. The van der Waals surface area contributed by atoms with Crippen LogP contribution in [-0.4, -0.2) is 28.9 Å². The van der Waals surface area contributed by atoms with Crippen LogP contribution in [0.15, 0.2) is 54.6 Å². The molecule has 0 bridgehead atoms. The molecule has 2 heterocycles. The molecule has 128 valence electrons. The highest BCUT2D eigenvalue weighted by Crippen LogP contribution is 2.24. The Hall–Kier alpha value is -2.55. The summed E-state index contributed by atoms with van der Waals surface area (Å²) < 4.78 is 0. The average Bonchev–Trinajstić information content (AvgIpc) is 3.06. The van der Waals surface area contributed by atoms with Gasteiger partial charge in [-0.25, -0.2) is 0 Å². The van der Waals surface area contributed by atoms with Crippen molar-refractivity contribution < 1.29 is 4.79 Å². The smallest absolute Gasteiger partial charge is 0.270 e. The first-order valence-corrected chi connectivity index (χ1v) is 9.11. The third-order valence-corrected chi connectivity index (χ3v) is 5.28. The van der Waals surface area contributed by atoms with Crippen molar-refractivity contribution in [1.29, 1.82) is 0 Å². The quantitative estimate of drug-likeness (QED) is 0.749. The molecule has 1 amide bonds. The van der Waals surface area contributed by atoms with Crippen molar-refractivity contribution >= 4 is 16.8 Å². The molecule has 4 rings (SSSR count). The lowest BCUT2D eigenvalue weighted by Gasteiger charge is -2.31. The van der Waals surface area contributed by atoms with E-state index in [0.717, 1.165) is 43.3 Å². The molecule has 2 aromatic carbocycles. The summed E-state index contributed by atoms with van der Waals surface area (Å²) in [7, 11) is 0. The van der Waals surface area contributed by atoms with Gasteiger partial charge < -0.3 is 9.88 Å². The molecule has 0 aliphatic carbocycles. The topological polar surface area (TPSA) is 36.1 Å². The highest BCUT2D eigenvalue weighted by Gasteiger charge is 2.24. The number of aromatic nitrogens is 1. The van der Waals surface area contributed by atoms with E-state index in [1.807, 2.05) is 11.0 Å². The van der Waals surface area contributed by atoms with Gasteiger partial charge in [-0.2, -0.15) is 0 Å². The van der Waals surface area contributed by atoms with Crippen LogP contribution in [0.5, 0.6) is 0 Å². The third-order valence-electron chi connectivity index (χ3n) is 5.28. The van der Waals surface area contributed by atoms with Gasteiger partial charge in [0.2, 0.25) is 0 Å². The Balaban J connectivity index is 1.40. The van der Waals surface area contributed by atoms with Crippen molar-refractivity contribution in [3.8, 4) is 0 Å². The van der Waals surface area contributed by atoms with Gasteiger partial charge in [0.25, 0.3) is 5.91 Å². The second-order valence-corrected chi connectivity index (χ2v) is 7.20. The molecular formula is C22H24N2O. The van der Waals surface area contributed by atoms with Crippen LogP contribution in [0.3, 0.4) is 0 Å². The standard InChI is InChI=1S/C22H24N2O/c1-16-7-8-19-15-21(23-20(19)13-16)22(25)24-11-9-18(10-12-24)14-17-5-3-2-4-6-17/h2-8,13,15,18,23H,9-12,14H2,1H3. The van der Waals surface area contributed by atoms with Gasteiger partial charge >= 0.3 is 0 Å². The number of piperidine rings is 1. The van der Waals surface area contributed by atoms with E-state index < -0.39 is 0 Å². The van der Waals surface area contributed by atoms with Gasteiger partial charge in [-0.3, -0.25) is 4.79 Å². The number of rotatable bonds is 3. The van der Waals surface area contributed by atoms with Crippen LogP contribution in [-0.2, 0) is 6.42 Å². The maximum atomic E-state index is 12.8. The zero-order valence-electron chi connectivity index (χ0n) is 14.7. The van der Waals surface area contributed by atoms with E-state index in [4.69, 9.17) is 0 Å². The van der Waals surface area contributed by atoms with Gasteiger partial charge in [0.1, 0.15) is 5.69 Å². The first kappa shape index (κ1) is 15.9. The molecule has 3 nitrogen and oxygen atoms in total. The fraction of sp³-hybridized carbons (Fsp3) is 0.318. The Morgan fingerprint density at radius 1 is 1.08 bits per heavy atom. The number of aryl methyl sites for hydroxylation is 1. The monoisotopic (exact) mass is 332 g/mol. The predicted molar refractivity (Wildman–Crippen MR) is 102 cm³/mol. The van der Waals surface area contributed by atoms with Crippen LogP contribution < -0.4 is 0 Å². The number of carbonyl (C=O) groups is 1. The number of amides is 1. The van der Waals surface area contributed by atoms with Gasteiger partial charge in [0, 0.05) is 24.0 Å². The molecule has 1 saturated heterocycles. The first-order valence-electron chi connectivity index (χ1n) is 9.11. The Kier molecular flexibility index (Phi) is 4.31. The van der Waals surface area contributed by atoms with Crippen LogP contribution in [0.2, 0.25) is 0 Å². The fourth-order valence-electron chi connectivity index (χ4n) is 3.81. The lowest BCUT2D eigenvalue weighted by Crippen LogP contribution is -2.39. The van der Waals surface area contributed by atoms with Gasteiger partial charge in [-0.1, -0.05) is 42.5 Å². The number of hydrogen-bond acceptors (Lipinski definition) is 1. The zero-order valence-corrected chi connectivity index (χ0v) is 14.7. The van der Waals surface area contributed by atoms with Crippen molar-refractivity contribution in [2.24, 2.45) is 5.92 Å². The Bertz CT molecular complexity index is 873. The molecule has 3 heteroatoms. The van der Waals surface area contributed by atoms with Crippen molar-refractivity contribution in [3.05, 3.63) is 71.4 Å². The highest BCUT2D eigenvalue weighted by molar-refractivity contribution is 5.98. The molecule has 0 saturated carbocycles. The van der Waals surface area contributed by atoms with Gasteiger partial charge in [-0.15, -0.1) is 0 Å². The van der Waals surface area contributed by atoms with Gasteiger partial charge in [-0.05, 0) is 55.4 Å². The number of likely N-dealkylation sites (tertiary alicyclic amines) is 1. The lowest BCUT2D eigenvalue weighted by molar-refractivity contribution is 0.0685. The molecule has 1 aliphatic rings. The number of fused-ring (bicyclic) bond motifs is 1. The average molecular weight is 332 g/mol. The molecule has 1 aromatic heterocycles. The molecule has 0 unspecified atom stereocenters. The molecule has 1 aliphatic heterocycles. The van der Waals surface area contributed by atoms with Crippen molar-refractivity contribution in [2.45, 2.75) is 26.2 Å². The Labute approximate surface area is 148 Å². The summed E-state index contributed by atoms with van der Waals surface area (Å²) in [5.41, 5.74) is 4.36. The fourth-order valence-corrected chi connectivity index (χ4v) is 3.81. The van der Waals surface area contributed by atoms with E-state index in [2.05, 4.69) is 60.4 Å². The number of aromatic amines is 1. The second-order valence-electron chi connectivity index (χ2n) is 7.20. The van der Waals surface area contributed by atoms with Crippen LogP contribution in [0.25, 0.3) is 10.9 Å². The van der Waals surface area contributed by atoms with E-state index in [1.54, 1.807) is 0 Å². The van der Waals surface area contributed by atoms with Crippen molar-refractivity contribution in [3.63, 3.8) is 0 Å². The number of carbonyl (C=O) groups excluding carboxylic acids is 1. The summed E-state index contributed by atoms with van der Waals surface area (Å²) in [6, 6.07) is 18.9. The molecule has 0 spiro atoms. The highest BCUT2D eigenvalue weighted by atomic mass is 16.2. The summed E-state index contributed by atoms with van der Waals surface area (Å²) in [6.45, 7) is 3.77. The normalized spacial score (nSPS) is 15.6. The third kappa shape index (κ3) is 3.46. The summed E-state index contributed by atoms with van der Waals surface area (Å²) in [5, 5.41) is 1.10. The number of nitrogens with zero attached hydrogens (tertiary/aromatic N) is 1. The minimum absolute atomic E-state index is 0.131. The van der Waals surface area contributed by atoms with Gasteiger partial charge in [0.05, 0.1) is 0 Å². The van der Waals surface area contributed by atoms with E-state index in [9.17, 15) is 4.79 Å². The zero-order chi connectivity index (χ0) is 17.2. The van der Waals surface area contributed by atoms with Crippen LogP contribution in [0.1, 0.15) is 34.5 Å². The molecule has 1 N–H and O–H groups in total. The van der Waals surface area contributed by atoms with Crippen LogP contribution >= 0.6 is 0 Å². The SMILES string of the molecule is Cc1ccc2cc(C(=O)N3CCC(Cc4ccccc4)CC3)[nH]c2c1. The summed E-state index contributed by atoms with van der Waals surface area (Å²) >= 11 is 0. The maximum absolute atomic E-state index is 12.8. The van der Waals surface area contributed by atoms with Crippen LogP contribution in [0, 0.1) is 12.8 Å². The minimum atomic E-state index is 0.131. The number of benzene rings is 2. The van der Waals surface area contributed by atoms with Crippen LogP contribution in [0.4, 0.5) is 0 Å². The summed E-state index contributed by atoms with van der Waals surface area (Å²) in [4.78, 5) is 18.1. The Morgan fingerprint density at radius 2 is 1.84 bits per heavy atom. The van der Waals surface area contributed by atoms with Crippen molar-refractivity contribution in [1.82, 2.24) is 9.88 Å². The molecule has 1 fully saturated rings. The predicted octanol–water partition coefficient (Wildman–Crippen LogP) is 4.57.